The van der Waals surface area contributed by atoms with Crippen molar-refractivity contribution < 1.29 is 14.3 Å². The Morgan fingerprint density at radius 3 is 2.78 bits per heavy atom. The number of benzene rings is 1. The smallest absolute Gasteiger partial charge is 0.340 e. The van der Waals surface area contributed by atoms with Gasteiger partial charge in [-0.25, -0.2) is 9.78 Å². The van der Waals surface area contributed by atoms with Crippen molar-refractivity contribution in [1.29, 1.82) is 5.26 Å². The van der Waals surface area contributed by atoms with Crippen molar-refractivity contribution in [2.75, 3.05) is 5.32 Å². The summed E-state index contributed by atoms with van der Waals surface area (Å²) in [6.45, 7) is 1.45. The molecule has 2 aromatic rings. The summed E-state index contributed by atoms with van der Waals surface area (Å²) in [6.07, 6.45) is 0.259. The average Bonchev–Trinajstić information content (AvgIpc) is 2.55. The van der Waals surface area contributed by atoms with E-state index in [1.54, 1.807) is 18.2 Å². The monoisotopic (exact) mass is 329 g/mol. The molecule has 0 bridgehead atoms. The Morgan fingerprint density at radius 2 is 2.13 bits per heavy atom. The van der Waals surface area contributed by atoms with Crippen molar-refractivity contribution in [3.8, 4) is 6.07 Å². The predicted octanol–water partition coefficient (Wildman–Crippen LogP) is 2.79. The highest BCUT2D eigenvalue weighted by atomic mass is 35.5. The third-order valence-electron chi connectivity index (χ3n) is 2.88. The molecule has 23 heavy (non-hydrogen) atoms. The minimum Gasteiger partial charge on any atom is -0.449 e. The molecule has 0 fully saturated rings. The van der Waals surface area contributed by atoms with E-state index < -0.39 is 18.0 Å². The fourth-order valence-corrected chi connectivity index (χ4v) is 1.80. The number of nitriles is 1. The SMILES string of the molecule is C[C@@H](OC(=O)c1ccc(Cl)nc1)C(=O)Nc1cccc(C#N)c1. The van der Waals surface area contributed by atoms with Crippen LogP contribution in [0.15, 0.2) is 42.6 Å². The number of pyridine rings is 1. The number of rotatable bonds is 4. The molecule has 2 rings (SSSR count). The topological polar surface area (TPSA) is 92.1 Å². The van der Waals surface area contributed by atoms with Crippen LogP contribution in [0.2, 0.25) is 5.15 Å². The normalized spacial score (nSPS) is 11.2. The minimum atomic E-state index is -1.01. The predicted molar refractivity (Wildman–Crippen MR) is 83.9 cm³/mol. The van der Waals surface area contributed by atoms with E-state index in [1.165, 1.54) is 31.3 Å². The molecule has 0 aliphatic carbocycles. The van der Waals surface area contributed by atoms with Gasteiger partial charge in [0.25, 0.3) is 5.91 Å². The summed E-state index contributed by atoms with van der Waals surface area (Å²) in [5.41, 5.74) is 1.06. The summed E-state index contributed by atoms with van der Waals surface area (Å²) in [4.78, 5) is 27.7. The van der Waals surface area contributed by atoms with Gasteiger partial charge in [0.15, 0.2) is 6.10 Å². The third kappa shape index (κ3) is 4.53. The molecule has 0 aliphatic heterocycles. The number of nitrogens with zero attached hydrogens (tertiary/aromatic N) is 2. The zero-order valence-electron chi connectivity index (χ0n) is 12.1. The van der Waals surface area contributed by atoms with Crippen molar-refractivity contribution in [3.05, 3.63) is 58.9 Å². The molecule has 0 aliphatic rings. The zero-order chi connectivity index (χ0) is 16.8. The first-order valence-corrected chi connectivity index (χ1v) is 7.01. The summed E-state index contributed by atoms with van der Waals surface area (Å²) < 4.78 is 5.07. The van der Waals surface area contributed by atoms with Crippen LogP contribution in [-0.4, -0.2) is 23.0 Å². The summed E-state index contributed by atoms with van der Waals surface area (Å²) >= 11 is 5.64. The summed E-state index contributed by atoms with van der Waals surface area (Å²) in [5.74, 6) is -1.18. The van der Waals surface area contributed by atoms with Crippen LogP contribution in [0.4, 0.5) is 5.69 Å². The lowest BCUT2D eigenvalue weighted by Crippen LogP contribution is -2.30. The maximum Gasteiger partial charge on any atom is 0.340 e. The van der Waals surface area contributed by atoms with Crippen LogP contribution in [0.1, 0.15) is 22.8 Å². The van der Waals surface area contributed by atoms with E-state index in [-0.39, 0.29) is 10.7 Å². The molecule has 0 unspecified atom stereocenters. The Hall–Kier alpha value is -2.91. The first-order valence-electron chi connectivity index (χ1n) is 6.63. The van der Waals surface area contributed by atoms with Crippen molar-refractivity contribution in [2.24, 2.45) is 0 Å². The molecule has 1 amide bonds. The van der Waals surface area contributed by atoms with E-state index in [2.05, 4.69) is 10.3 Å². The van der Waals surface area contributed by atoms with Gasteiger partial charge in [-0.05, 0) is 37.3 Å². The van der Waals surface area contributed by atoms with Gasteiger partial charge < -0.3 is 10.1 Å². The van der Waals surface area contributed by atoms with Crippen LogP contribution in [0.3, 0.4) is 0 Å². The number of esters is 1. The molecule has 1 N–H and O–H groups in total. The van der Waals surface area contributed by atoms with Crippen molar-refractivity contribution >= 4 is 29.2 Å². The Kier molecular flexibility index (Phi) is 5.28. The summed E-state index contributed by atoms with van der Waals surface area (Å²) in [7, 11) is 0. The molecular formula is C16H12ClN3O3. The largest absolute Gasteiger partial charge is 0.449 e. The van der Waals surface area contributed by atoms with Gasteiger partial charge in [0.2, 0.25) is 0 Å². The van der Waals surface area contributed by atoms with Crippen LogP contribution in [0.5, 0.6) is 0 Å². The number of carbonyl (C=O) groups is 2. The summed E-state index contributed by atoms with van der Waals surface area (Å²) in [5, 5.41) is 11.7. The molecule has 1 aromatic heterocycles. The molecule has 1 heterocycles. The molecular weight excluding hydrogens is 318 g/mol. The number of carbonyl (C=O) groups excluding carboxylic acids is 2. The van der Waals surface area contributed by atoms with Crippen LogP contribution in [0, 0.1) is 11.3 Å². The quantitative estimate of drug-likeness (QED) is 0.687. The Bertz CT molecular complexity index is 769. The third-order valence-corrected chi connectivity index (χ3v) is 3.10. The van der Waals surface area contributed by atoms with Gasteiger partial charge in [-0.15, -0.1) is 0 Å². The molecule has 0 saturated carbocycles. The van der Waals surface area contributed by atoms with Gasteiger partial charge in [0, 0.05) is 11.9 Å². The number of ether oxygens (including phenoxy) is 1. The number of aromatic nitrogens is 1. The number of nitrogens with one attached hydrogen (secondary N) is 1. The maximum absolute atomic E-state index is 12.0. The lowest BCUT2D eigenvalue weighted by molar-refractivity contribution is -0.123. The number of amides is 1. The Labute approximate surface area is 137 Å². The molecule has 0 spiro atoms. The minimum absolute atomic E-state index is 0.195. The van der Waals surface area contributed by atoms with Crippen molar-refractivity contribution in [1.82, 2.24) is 4.98 Å². The molecule has 1 aromatic carbocycles. The fourth-order valence-electron chi connectivity index (χ4n) is 1.69. The second-order valence-corrected chi connectivity index (χ2v) is 4.99. The fraction of sp³-hybridized carbons (Fsp3) is 0.125. The number of hydrogen-bond acceptors (Lipinski definition) is 5. The van der Waals surface area contributed by atoms with Crippen LogP contribution >= 0.6 is 11.6 Å². The van der Waals surface area contributed by atoms with Crippen molar-refractivity contribution in [3.63, 3.8) is 0 Å². The van der Waals surface area contributed by atoms with Gasteiger partial charge in [-0.3, -0.25) is 4.79 Å². The highest BCUT2D eigenvalue weighted by Crippen LogP contribution is 2.12. The molecule has 0 saturated heterocycles. The van der Waals surface area contributed by atoms with Gasteiger partial charge in [-0.1, -0.05) is 17.7 Å². The van der Waals surface area contributed by atoms with E-state index in [1.807, 2.05) is 6.07 Å². The molecule has 1 atom stereocenters. The Morgan fingerprint density at radius 1 is 1.35 bits per heavy atom. The number of anilines is 1. The maximum atomic E-state index is 12.0. The average molecular weight is 330 g/mol. The van der Waals surface area contributed by atoms with Gasteiger partial charge >= 0.3 is 5.97 Å². The van der Waals surface area contributed by atoms with Crippen LogP contribution in [-0.2, 0) is 9.53 Å². The van der Waals surface area contributed by atoms with Gasteiger partial charge in [0.1, 0.15) is 5.15 Å². The first kappa shape index (κ1) is 16.5. The highest BCUT2D eigenvalue weighted by Gasteiger charge is 2.19. The Balaban J connectivity index is 1.98. The van der Waals surface area contributed by atoms with E-state index in [4.69, 9.17) is 21.6 Å². The second-order valence-electron chi connectivity index (χ2n) is 4.60. The lowest BCUT2D eigenvalue weighted by Gasteiger charge is -2.13. The van der Waals surface area contributed by atoms with Crippen LogP contribution in [0.25, 0.3) is 0 Å². The first-order chi connectivity index (χ1) is 11.0. The molecule has 6 nitrogen and oxygen atoms in total. The van der Waals surface area contributed by atoms with Gasteiger partial charge in [0.05, 0.1) is 17.2 Å². The highest BCUT2D eigenvalue weighted by molar-refractivity contribution is 6.29. The lowest BCUT2D eigenvalue weighted by atomic mass is 10.2. The standard InChI is InChI=1S/C16H12ClN3O3/c1-10(23-16(22)12-5-6-14(17)19-9-12)15(21)20-13-4-2-3-11(7-13)8-18/h2-7,9-10H,1H3,(H,20,21)/t10-/m1/s1. The second kappa shape index (κ2) is 7.38. The zero-order valence-corrected chi connectivity index (χ0v) is 12.9. The number of halogens is 1. The van der Waals surface area contributed by atoms with E-state index in [0.29, 0.717) is 11.3 Å². The molecule has 116 valence electrons. The van der Waals surface area contributed by atoms with E-state index >= 15 is 0 Å². The van der Waals surface area contributed by atoms with E-state index in [0.717, 1.165) is 0 Å². The summed E-state index contributed by atoms with van der Waals surface area (Å²) in [6, 6.07) is 11.3. The van der Waals surface area contributed by atoms with Crippen molar-refractivity contribution in [2.45, 2.75) is 13.0 Å². The van der Waals surface area contributed by atoms with Gasteiger partial charge in [-0.2, -0.15) is 5.26 Å². The van der Waals surface area contributed by atoms with E-state index in [9.17, 15) is 9.59 Å². The van der Waals surface area contributed by atoms with Crippen LogP contribution < -0.4 is 5.32 Å². The molecule has 7 heteroatoms. The molecule has 0 radical (unpaired) electrons. The number of hydrogen-bond donors (Lipinski definition) is 1.